The fourth-order valence-corrected chi connectivity index (χ4v) is 2.96. The Kier molecular flexibility index (Phi) is 4.97. The molecule has 0 aliphatic rings. The third-order valence-corrected chi connectivity index (χ3v) is 4.09. The lowest BCUT2D eigenvalue weighted by molar-refractivity contribution is -0.120. The van der Waals surface area contributed by atoms with Gasteiger partial charge in [0.2, 0.25) is 5.91 Å². The van der Waals surface area contributed by atoms with Crippen molar-refractivity contribution in [2.75, 3.05) is 7.05 Å². The summed E-state index contributed by atoms with van der Waals surface area (Å²) < 4.78 is 3.90. The molecule has 0 atom stereocenters. The first kappa shape index (κ1) is 17.0. The van der Waals surface area contributed by atoms with Crippen molar-refractivity contribution in [1.82, 2.24) is 24.6 Å². The number of imidazole rings is 1. The Hall–Kier alpha value is -2.89. The summed E-state index contributed by atoms with van der Waals surface area (Å²) in [7, 11) is 1.65. The Bertz CT molecular complexity index is 857. The van der Waals surface area contributed by atoms with Gasteiger partial charge in [0.15, 0.2) is 0 Å². The van der Waals surface area contributed by atoms with Crippen LogP contribution < -0.4 is 5.32 Å². The minimum atomic E-state index is 0.0547. The molecule has 0 bridgehead atoms. The van der Waals surface area contributed by atoms with Crippen molar-refractivity contribution in [2.45, 2.75) is 33.2 Å². The third-order valence-electron chi connectivity index (χ3n) is 4.09. The van der Waals surface area contributed by atoms with Gasteiger partial charge in [-0.2, -0.15) is 5.10 Å². The van der Waals surface area contributed by atoms with Crippen molar-refractivity contribution in [2.24, 2.45) is 0 Å². The summed E-state index contributed by atoms with van der Waals surface area (Å²) in [5.41, 5.74) is 4.49. The molecule has 3 rings (SSSR count). The van der Waals surface area contributed by atoms with Crippen molar-refractivity contribution in [3.05, 3.63) is 54.1 Å². The van der Waals surface area contributed by atoms with Crippen LogP contribution in [-0.2, 0) is 11.3 Å². The zero-order chi connectivity index (χ0) is 17.8. The first-order chi connectivity index (χ1) is 12.1. The second-order valence-electron chi connectivity index (χ2n) is 6.24. The normalized spacial score (nSPS) is 10.8. The molecule has 1 aromatic carbocycles. The minimum Gasteiger partial charge on any atom is -0.359 e. The predicted molar refractivity (Wildman–Crippen MR) is 97.6 cm³/mol. The van der Waals surface area contributed by atoms with Crippen LogP contribution in [0, 0.1) is 13.8 Å². The summed E-state index contributed by atoms with van der Waals surface area (Å²) in [6.07, 6.45) is 8.82. The summed E-state index contributed by atoms with van der Waals surface area (Å²) in [5, 5.41) is 7.03. The van der Waals surface area contributed by atoms with E-state index < -0.39 is 0 Å². The van der Waals surface area contributed by atoms with Crippen molar-refractivity contribution >= 4 is 5.91 Å². The standard InChI is InChI=1S/C19H23N5O/c1-14-9-15(2)11-16(10-14)19-21-6-8-24(19)17-12-22-23(13-17)7-4-5-18(25)20-3/h6,8-13H,4-5,7H2,1-3H3,(H,20,25). The number of carbonyl (C=O) groups excluding carboxylic acids is 1. The SMILES string of the molecule is CNC(=O)CCCn1cc(-n2ccnc2-c2cc(C)cc(C)c2)cn1. The van der Waals surface area contributed by atoms with E-state index in [4.69, 9.17) is 0 Å². The molecule has 1 amide bonds. The maximum absolute atomic E-state index is 11.3. The molecular weight excluding hydrogens is 314 g/mol. The van der Waals surface area contributed by atoms with Crippen LogP contribution in [0.15, 0.2) is 43.0 Å². The molecule has 0 unspecified atom stereocenters. The predicted octanol–water partition coefficient (Wildman–Crippen LogP) is 2.88. The topological polar surface area (TPSA) is 64.7 Å². The first-order valence-electron chi connectivity index (χ1n) is 8.42. The number of aromatic nitrogens is 4. The summed E-state index contributed by atoms with van der Waals surface area (Å²) in [5.74, 6) is 0.954. The molecular formula is C19H23N5O. The second-order valence-corrected chi connectivity index (χ2v) is 6.24. The van der Waals surface area contributed by atoms with Gasteiger partial charge in [-0.05, 0) is 32.4 Å². The highest BCUT2D eigenvalue weighted by Crippen LogP contribution is 2.23. The number of benzene rings is 1. The number of nitrogens with one attached hydrogen (secondary N) is 1. The van der Waals surface area contributed by atoms with Crippen LogP contribution in [0.1, 0.15) is 24.0 Å². The van der Waals surface area contributed by atoms with Gasteiger partial charge >= 0.3 is 0 Å². The van der Waals surface area contributed by atoms with Gasteiger partial charge in [0.1, 0.15) is 5.82 Å². The van der Waals surface area contributed by atoms with Crippen LogP contribution in [0.3, 0.4) is 0 Å². The second kappa shape index (κ2) is 7.34. The van der Waals surface area contributed by atoms with Gasteiger partial charge in [-0.25, -0.2) is 4.98 Å². The van der Waals surface area contributed by atoms with Crippen LogP contribution in [0.4, 0.5) is 0 Å². The Balaban J connectivity index is 1.80. The fourth-order valence-electron chi connectivity index (χ4n) is 2.96. The van der Waals surface area contributed by atoms with E-state index in [0.717, 1.165) is 23.5 Å². The van der Waals surface area contributed by atoms with Gasteiger partial charge in [-0.3, -0.25) is 14.0 Å². The smallest absolute Gasteiger partial charge is 0.219 e. The van der Waals surface area contributed by atoms with Gasteiger partial charge in [-0.1, -0.05) is 17.2 Å². The zero-order valence-corrected chi connectivity index (χ0v) is 14.9. The minimum absolute atomic E-state index is 0.0547. The molecule has 0 aliphatic heterocycles. The first-order valence-corrected chi connectivity index (χ1v) is 8.42. The summed E-state index contributed by atoms with van der Waals surface area (Å²) in [6, 6.07) is 6.43. The average Bonchev–Trinajstić information content (AvgIpc) is 3.22. The molecule has 0 aliphatic carbocycles. The van der Waals surface area contributed by atoms with E-state index >= 15 is 0 Å². The van der Waals surface area contributed by atoms with E-state index in [1.807, 2.05) is 27.8 Å². The maximum Gasteiger partial charge on any atom is 0.219 e. The molecule has 2 aromatic heterocycles. The molecule has 0 spiro atoms. The van der Waals surface area contributed by atoms with E-state index in [1.165, 1.54) is 11.1 Å². The monoisotopic (exact) mass is 337 g/mol. The molecule has 6 nitrogen and oxygen atoms in total. The maximum atomic E-state index is 11.3. The van der Waals surface area contributed by atoms with Crippen molar-refractivity contribution < 1.29 is 4.79 Å². The van der Waals surface area contributed by atoms with Crippen molar-refractivity contribution in [3.8, 4) is 17.1 Å². The van der Waals surface area contributed by atoms with Crippen LogP contribution >= 0.6 is 0 Å². The Morgan fingerprint density at radius 3 is 2.68 bits per heavy atom. The molecule has 3 aromatic rings. The van der Waals surface area contributed by atoms with Gasteiger partial charge in [-0.15, -0.1) is 0 Å². The van der Waals surface area contributed by atoms with Gasteiger partial charge < -0.3 is 5.32 Å². The quantitative estimate of drug-likeness (QED) is 0.752. The lowest BCUT2D eigenvalue weighted by Gasteiger charge is -2.07. The highest BCUT2D eigenvalue weighted by atomic mass is 16.1. The fraction of sp³-hybridized carbons (Fsp3) is 0.316. The molecule has 0 fully saturated rings. The number of rotatable bonds is 6. The molecule has 1 N–H and O–H groups in total. The van der Waals surface area contributed by atoms with Gasteiger partial charge in [0, 0.05) is 44.2 Å². The number of hydrogen-bond donors (Lipinski definition) is 1. The largest absolute Gasteiger partial charge is 0.359 e. The molecule has 130 valence electrons. The Morgan fingerprint density at radius 1 is 1.20 bits per heavy atom. The zero-order valence-electron chi connectivity index (χ0n) is 14.9. The van der Waals surface area contributed by atoms with E-state index in [-0.39, 0.29) is 5.91 Å². The summed E-state index contributed by atoms with van der Waals surface area (Å²) in [6.45, 7) is 4.89. The van der Waals surface area contributed by atoms with Crippen molar-refractivity contribution in [3.63, 3.8) is 0 Å². The van der Waals surface area contributed by atoms with Crippen molar-refractivity contribution in [1.29, 1.82) is 0 Å². The lowest BCUT2D eigenvalue weighted by atomic mass is 10.1. The number of carbonyl (C=O) groups is 1. The Morgan fingerprint density at radius 2 is 1.96 bits per heavy atom. The van der Waals surface area contributed by atoms with Crippen LogP contribution in [-0.4, -0.2) is 32.3 Å². The number of amides is 1. The summed E-state index contributed by atoms with van der Waals surface area (Å²) in [4.78, 5) is 15.8. The average molecular weight is 337 g/mol. The molecule has 0 saturated heterocycles. The number of nitrogens with zero attached hydrogens (tertiary/aromatic N) is 4. The van der Waals surface area contributed by atoms with E-state index in [9.17, 15) is 4.79 Å². The number of aryl methyl sites for hydroxylation is 3. The number of hydrogen-bond acceptors (Lipinski definition) is 3. The molecule has 2 heterocycles. The van der Waals surface area contributed by atoms with E-state index in [1.54, 1.807) is 13.2 Å². The molecule has 0 radical (unpaired) electrons. The van der Waals surface area contributed by atoms with E-state index in [2.05, 4.69) is 47.4 Å². The van der Waals surface area contributed by atoms with Gasteiger partial charge in [0.05, 0.1) is 11.9 Å². The van der Waals surface area contributed by atoms with Crippen LogP contribution in [0.5, 0.6) is 0 Å². The van der Waals surface area contributed by atoms with E-state index in [0.29, 0.717) is 13.0 Å². The Labute approximate surface area is 147 Å². The summed E-state index contributed by atoms with van der Waals surface area (Å²) >= 11 is 0. The third kappa shape index (κ3) is 3.96. The van der Waals surface area contributed by atoms with Gasteiger partial charge in [0.25, 0.3) is 0 Å². The highest BCUT2D eigenvalue weighted by molar-refractivity contribution is 5.75. The highest BCUT2D eigenvalue weighted by Gasteiger charge is 2.10. The van der Waals surface area contributed by atoms with Crippen LogP contribution in [0.25, 0.3) is 17.1 Å². The lowest BCUT2D eigenvalue weighted by Crippen LogP contribution is -2.17. The van der Waals surface area contributed by atoms with Crippen LogP contribution in [0.2, 0.25) is 0 Å². The molecule has 6 heteroatoms. The molecule has 25 heavy (non-hydrogen) atoms. The molecule has 0 saturated carbocycles.